The molecule has 3 aromatic rings. The Morgan fingerprint density at radius 2 is 1.61 bits per heavy atom. The molecule has 162 valence electrons. The monoisotopic (exact) mass is 417 g/mol. The highest BCUT2D eigenvalue weighted by Gasteiger charge is 2.37. The highest BCUT2D eigenvalue weighted by molar-refractivity contribution is 5.85. The van der Waals surface area contributed by atoms with Crippen molar-refractivity contribution in [2.24, 2.45) is 0 Å². The smallest absolute Gasteiger partial charge is 0.239 e. The average molecular weight is 418 g/mol. The Hall–Kier alpha value is -3.02. The van der Waals surface area contributed by atoms with E-state index in [0.717, 1.165) is 22.8 Å². The van der Waals surface area contributed by atoms with Crippen LogP contribution in [0.15, 0.2) is 72.8 Å². The number of hydrogen-bond donors (Lipinski definition) is 1. The Morgan fingerprint density at radius 3 is 2.23 bits per heavy atom. The van der Waals surface area contributed by atoms with Crippen LogP contribution >= 0.6 is 0 Å². The quantitative estimate of drug-likeness (QED) is 0.544. The molecular weight excluding hydrogens is 386 g/mol. The van der Waals surface area contributed by atoms with Gasteiger partial charge in [-0.05, 0) is 49.5 Å². The first-order valence-corrected chi connectivity index (χ1v) is 10.5. The van der Waals surface area contributed by atoms with Crippen molar-refractivity contribution in [1.29, 1.82) is 0 Å². The third-order valence-electron chi connectivity index (χ3n) is 6.02. The summed E-state index contributed by atoms with van der Waals surface area (Å²) in [6, 6.07) is 23.7. The van der Waals surface area contributed by atoms with Gasteiger partial charge in [-0.3, -0.25) is 9.69 Å². The normalized spacial score (nSPS) is 14.2. The molecule has 3 rings (SSSR count). The summed E-state index contributed by atoms with van der Waals surface area (Å²) in [6.07, 6.45) is 1.51. The van der Waals surface area contributed by atoms with Crippen molar-refractivity contribution in [2.45, 2.75) is 18.0 Å². The summed E-state index contributed by atoms with van der Waals surface area (Å²) in [5.41, 5.74) is 1.05. The van der Waals surface area contributed by atoms with E-state index in [4.69, 9.17) is 0 Å². The maximum absolute atomic E-state index is 13.3. The number of fused-ring (bicyclic) bond motifs is 1. The molecule has 1 amide bonds. The van der Waals surface area contributed by atoms with Crippen molar-refractivity contribution in [3.05, 3.63) is 83.9 Å². The van der Waals surface area contributed by atoms with Crippen LogP contribution in [0.5, 0.6) is 0 Å². The predicted molar refractivity (Wildman–Crippen MR) is 126 cm³/mol. The molecule has 0 aliphatic heterocycles. The Morgan fingerprint density at radius 1 is 0.968 bits per heavy atom. The van der Waals surface area contributed by atoms with Crippen molar-refractivity contribution < 1.29 is 9.59 Å². The zero-order valence-corrected chi connectivity index (χ0v) is 18.7. The number of carbonyl (C=O) groups excluding carboxylic acids is 2. The van der Waals surface area contributed by atoms with E-state index in [1.165, 1.54) is 5.39 Å². The van der Waals surface area contributed by atoms with Crippen LogP contribution in [0.1, 0.15) is 11.1 Å². The number of carbonyl (C=O) groups is 2. The van der Waals surface area contributed by atoms with E-state index in [1.807, 2.05) is 61.5 Å². The summed E-state index contributed by atoms with van der Waals surface area (Å²) in [5, 5.41) is 5.50. The standard InChI is InChI=1S/C26H31N3O2/c1-27-24(17-20-14-15-21-10-8-9-11-22(21)16-20)25(31)29(4)18-26(19-30,28(2)3)23-12-6-5-7-13-23/h5-16,19,24,27H,17-18H2,1-4H3/t24-,26-/m1/s1. The van der Waals surface area contributed by atoms with Crippen LogP contribution in [0, 0.1) is 0 Å². The van der Waals surface area contributed by atoms with Crippen molar-refractivity contribution in [1.82, 2.24) is 15.1 Å². The number of rotatable bonds is 9. The van der Waals surface area contributed by atoms with Gasteiger partial charge in [0.1, 0.15) is 11.8 Å². The molecule has 5 nitrogen and oxygen atoms in total. The summed E-state index contributed by atoms with van der Waals surface area (Å²) < 4.78 is 0. The van der Waals surface area contributed by atoms with Crippen molar-refractivity contribution in [3.63, 3.8) is 0 Å². The molecule has 1 N–H and O–H groups in total. The lowest BCUT2D eigenvalue weighted by atomic mass is 9.89. The summed E-state index contributed by atoms with van der Waals surface area (Å²) >= 11 is 0. The Balaban J connectivity index is 1.80. The van der Waals surface area contributed by atoms with Crippen LogP contribution in [-0.4, -0.2) is 62.8 Å². The lowest BCUT2D eigenvalue weighted by Gasteiger charge is -2.39. The molecule has 0 bridgehead atoms. The van der Waals surface area contributed by atoms with E-state index in [0.29, 0.717) is 6.42 Å². The van der Waals surface area contributed by atoms with Crippen molar-refractivity contribution in [2.75, 3.05) is 34.7 Å². The zero-order valence-electron chi connectivity index (χ0n) is 18.7. The number of nitrogens with one attached hydrogen (secondary N) is 1. The maximum Gasteiger partial charge on any atom is 0.239 e. The number of amides is 1. The molecule has 2 atom stereocenters. The average Bonchev–Trinajstić information content (AvgIpc) is 2.80. The highest BCUT2D eigenvalue weighted by Crippen LogP contribution is 2.26. The van der Waals surface area contributed by atoms with Crippen molar-refractivity contribution >= 4 is 23.0 Å². The SMILES string of the molecule is CN[C@H](Cc1ccc2ccccc2c1)C(=O)N(C)C[C@@](C=O)(c1ccccc1)N(C)C. The molecule has 0 radical (unpaired) electrons. The minimum Gasteiger partial charge on any atom is -0.342 e. The molecule has 0 saturated heterocycles. The maximum atomic E-state index is 13.3. The summed E-state index contributed by atoms with van der Waals surface area (Å²) in [5.74, 6) is -0.0420. The Bertz CT molecular complexity index is 1040. The van der Waals surface area contributed by atoms with Crippen LogP contribution < -0.4 is 5.32 Å². The van der Waals surface area contributed by atoms with E-state index in [9.17, 15) is 9.59 Å². The molecule has 0 aliphatic carbocycles. The molecule has 3 aromatic carbocycles. The molecule has 0 aromatic heterocycles. The fourth-order valence-electron chi connectivity index (χ4n) is 4.05. The van der Waals surface area contributed by atoms with Gasteiger partial charge in [-0.25, -0.2) is 0 Å². The van der Waals surface area contributed by atoms with E-state index in [2.05, 4.69) is 35.6 Å². The van der Waals surface area contributed by atoms with Crippen LogP contribution in [0.2, 0.25) is 0 Å². The second-order valence-electron chi connectivity index (χ2n) is 8.22. The largest absolute Gasteiger partial charge is 0.342 e. The number of nitrogens with zero attached hydrogens (tertiary/aromatic N) is 2. The van der Waals surface area contributed by atoms with Gasteiger partial charge in [0, 0.05) is 13.6 Å². The van der Waals surface area contributed by atoms with Gasteiger partial charge in [0.2, 0.25) is 5.91 Å². The highest BCUT2D eigenvalue weighted by atomic mass is 16.2. The van der Waals surface area contributed by atoms with Crippen LogP contribution in [0.25, 0.3) is 10.8 Å². The summed E-state index contributed by atoms with van der Waals surface area (Å²) in [4.78, 5) is 29.1. The van der Waals surface area contributed by atoms with E-state index >= 15 is 0 Å². The van der Waals surface area contributed by atoms with Gasteiger partial charge in [0.05, 0.1) is 6.04 Å². The van der Waals surface area contributed by atoms with Gasteiger partial charge in [0.15, 0.2) is 0 Å². The fourth-order valence-corrected chi connectivity index (χ4v) is 4.05. The number of likely N-dealkylation sites (N-methyl/N-ethyl adjacent to an activating group) is 3. The first-order chi connectivity index (χ1) is 14.9. The summed E-state index contributed by atoms with van der Waals surface area (Å²) in [6.45, 7) is 0.266. The van der Waals surface area contributed by atoms with Crippen LogP contribution in [0.4, 0.5) is 0 Å². The molecule has 0 aliphatic rings. The number of hydrogen-bond acceptors (Lipinski definition) is 4. The molecule has 0 spiro atoms. The number of benzene rings is 3. The molecule has 0 unspecified atom stereocenters. The van der Waals surface area contributed by atoms with Gasteiger partial charge in [-0.15, -0.1) is 0 Å². The fraction of sp³-hybridized carbons (Fsp3) is 0.308. The first-order valence-electron chi connectivity index (χ1n) is 10.5. The molecule has 31 heavy (non-hydrogen) atoms. The second-order valence-corrected chi connectivity index (χ2v) is 8.22. The number of aldehydes is 1. The Labute approximate surface area is 184 Å². The third-order valence-corrected chi connectivity index (χ3v) is 6.02. The molecule has 0 heterocycles. The first kappa shape index (κ1) is 22.7. The molecular formula is C26H31N3O2. The van der Waals surface area contributed by atoms with E-state index in [1.54, 1.807) is 19.0 Å². The summed E-state index contributed by atoms with van der Waals surface area (Å²) in [7, 11) is 7.29. The minimum absolute atomic E-state index is 0.0420. The lowest BCUT2D eigenvalue weighted by molar-refractivity contribution is -0.135. The minimum atomic E-state index is -0.910. The molecule has 0 saturated carbocycles. The topological polar surface area (TPSA) is 52.7 Å². The second kappa shape index (κ2) is 9.86. The van der Waals surface area contributed by atoms with Crippen LogP contribution in [-0.2, 0) is 21.5 Å². The molecule has 0 fully saturated rings. The van der Waals surface area contributed by atoms with Crippen LogP contribution in [0.3, 0.4) is 0 Å². The van der Waals surface area contributed by atoms with E-state index < -0.39 is 5.54 Å². The lowest BCUT2D eigenvalue weighted by Crippen LogP contribution is -2.55. The van der Waals surface area contributed by atoms with E-state index in [-0.39, 0.29) is 18.5 Å². The Kier molecular flexibility index (Phi) is 7.21. The van der Waals surface area contributed by atoms with Gasteiger partial charge in [-0.1, -0.05) is 72.8 Å². The zero-order chi connectivity index (χ0) is 22.4. The molecule has 5 heteroatoms. The third kappa shape index (κ3) is 4.84. The van der Waals surface area contributed by atoms with Gasteiger partial charge >= 0.3 is 0 Å². The van der Waals surface area contributed by atoms with Gasteiger partial charge in [0.25, 0.3) is 0 Å². The predicted octanol–water partition coefficient (Wildman–Crippen LogP) is 3.08. The van der Waals surface area contributed by atoms with Crippen molar-refractivity contribution in [3.8, 4) is 0 Å². The van der Waals surface area contributed by atoms with Gasteiger partial charge in [-0.2, -0.15) is 0 Å². The van der Waals surface area contributed by atoms with Gasteiger partial charge < -0.3 is 15.0 Å².